The first kappa shape index (κ1) is 13.7. The summed E-state index contributed by atoms with van der Waals surface area (Å²) >= 11 is 5.90. The second-order valence-electron chi connectivity index (χ2n) is 4.79. The fourth-order valence-corrected chi connectivity index (χ4v) is 2.55. The molecule has 3 rings (SSSR count). The van der Waals surface area contributed by atoms with Crippen LogP contribution < -0.4 is 11.3 Å². The topological polar surface area (TPSA) is 60.0 Å². The van der Waals surface area contributed by atoms with Crippen LogP contribution in [0.25, 0.3) is 10.9 Å². The Morgan fingerprint density at radius 3 is 2.57 bits per heavy atom. The number of nitrogens with two attached hydrogens (primary N) is 1. The number of rotatable bonds is 3. The third kappa shape index (κ3) is 2.63. The number of benzene rings is 2. The highest BCUT2D eigenvalue weighted by Crippen LogP contribution is 2.22. The maximum atomic E-state index is 11.9. The lowest BCUT2D eigenvalue weighted by molar-refractivity contribution is 0.0955. The van der Waals surface area contributed by atoms with Gasteiger partial charge in [-0.1, -0.05) is 41.9 Å². The van der Waals surface area contributed by atoms with E-state index >= 15 is 0 Å². The lowest BCUT2D eigenvalue weighted by Gasteiger charge is -2.05. The zero-order chi connectivity index (χ0) is 14.8. The minimum atomic E-state index is -0.291. The molecule has 0 unspecified atom stereocenters. The number of hydrogen-bond donors (Lipinski definition) is 2. The van der Waals surface area contributed by atoms with Gasteiger partial charge >= 0.3 is 0 Å². The summed E-state index contributed by atoms with van der Waals surface area (Å²) in [5.41, 5.74) is 4.86. The molecule has 0 spiro atoms. The van der Waals surface area contributed by atoms with Crippen LogP contribution >= 0.6 is 11.6 Å². The fraction of sp³-hybridized carbons (Fsp3) is 0.0625. The molecule has 0 saturated heterocycles. The Bertz CT molecular complexity index is 793. The van der Waals surface area contributed by atoms with Crippen molar-refractivity contribution in [3.05, 3.63) is 70.9 Å². The number of fused-ring (bicyclic) bond motifs is 1. The fourth-order valence-electron chi connectivity index (χ4n) is 2.42. The summed E-state index contributed by atoms with van der Waals surface area (Å²) in [5.74, 6) is 4.96. The van der Waals surface area contributed by atoms with Crippen LogP contribution in [0.2, 0.25) is 5.02 Å². The highest BCUT2D eigenvalue weighted by molar-refractivity contribution is 6.30. The van der Waals surface area contributed by atoms with E-state index in [0.29, 0.717) is 17.1 Å². The van der Waals surface area contributed by atoms with Crippen molar-refractivity contribution in [3.8, 4) is 0 Å². The van der Waals surface area contributed by atoms with Crippen molar-refractivity contribution in [1.82, 2.24) is 9.99 Å². The van der Waals surface area contributed by atoms with Crippen molar-refractivity contribution < 1.29 is 4.79 Å². The molecule has 0 aliphatic heterocycles. The molecule has 2 aromatic carbocycles. The summed E-state index contributed by atoms with van der Waals surface area (Å²) in [4.78, 5) is 11.9. The molecule has 0 radical (unpaired) electrons. The van der Waals surface area contributed by atoms with Gasteiger partial charge in [0.15, 0.2) is 0 Å². The summed E-state index contributed by atoms with van der Waals surface area (Å²) in [6, 6.07) is 15.4. The van der Waals surface area contributed by atoms with Crippen molar-refractivity contribution >= 4 is 28.4 Å². The smallest absolute Gasteiger partial charge is 0.267 e. The number of halogens is 1. The summed E-state index contributed by atoms with van der Waals surface area (Å²) in [5, 5.41) is 1.59. The Morgan fingerprint density at radius 1 is 1.14 bits per heavy atom. The quantitative estimate of drug-likeness (QED) is 0.444. The molecule has 5 heteroatoms. The van der Waals surface area contributed by atoms with Crippen molar-refractivity contribution in [2.45, 2.75) is 6.54 Å². The molecule has 0 fully saturated rings. The van der Waals surface area contributed by atoms with Crippen molar-refractivity contribution in [2.24, 2.45) is 5.84 Å². The molecule has 1 aromatic heterocycles. The molecule has 0 atom stereocenters. The number of aromatic nitrogens is 1. The average Bonchev–Trinajstić information content (AvgIpc) is 2.88. The molecular weight excluding hydrogens is 286 g/mol. The number of amides is 1. The van der Waals surface area contributed by atoms with Crippen LogP contribution in [0, 0.1) is 0 Å². The molecule has 3 aromatic rings. The SMILES string of the molecule is NNC(=O)c1cn(Cc2ccc(Cl)cc2)c2ccccc12. The zero-order valence-electron chi connectivity index (χ0n) is 11.2. The van der Waals surface area contributed by atoms with Gasteiger partial charge in [0, 0.05) is 28.7 Å². The summed E-state index contributed by atoms with van der Waals surface area (Å²) in [6.45, 7) is 0.662. The largest absolute Gasteiger partial charge is 0.342 e. The molecule has 4 nitrogen and oxygen atoms in total. The second kappa shape index (κ2) is 5.60. The van der Waals surface area contributed by atoms with Gasteiger partial charge in [-0.25, -0.2) is 5.84 Å². The Kier molecular flexibility index (Phi) is 3.64. The number of nitrogens with one attached hydrogen (secondary N) is 1. The monoisotopic (exact) mass is 299 g/mol. The molecule has 0 saturated carbocycles. The van der Waals surface area contributed by atoms with E-state index in [1.54, 1.807) is 0 Å². The van der Waals surface area contributed by atoms with Crippen LogP contribution in [0.15, 0.2) is 54.7 Å². The van der Waals surface area contributed by atoms with Gasteiger partial charge in [0.2, 0.25) is 0 Å². The van der Waals surface area contributed by atoms with Gasteiger partial charge in [0.1, 0.15) is 0 Å². The predicted octanol–water partition coefficient (Wildman–Crippen LogP) is 2.95. The molecule has 0 bridgehead atoms. The summed E-state index contributed by atoms with van der Waals surface area (Å²) in [7, 11) is 0. The Balaban J connectivity index is 2.06. The highest BCUT2D eigenvalue weighted by atomic mass is 35.5. The maximum Gasteiger partial charge on any atom is 0.267 e. The number of carbonyl (C=O) groups excluding carboxylic acids is 1. The van der Waals surface area contributed by atoms with Gasteiger partial charge in [-0.15, -0.1) is 0 Å². The third-order valence-corrected chi connectivity index (χ3v) is 3.68. The molecule has 106 valence electrons. The van der Waals surface area contributed by atoms with Crippen LogP contribution in [-0.4, -0.2) is 10.5 Å². The summed E-state index contributed by atoms with van der Waals surface area (Å²) < 4.78 is 2.03. The summed E-state index contributed by atoms with van der Waals surface area (Å²) in [6.07, 6.45) is 1.82. The molecular formula is C16H14ClN3O. The van der Waals surface area contributed by atoms with E-state index in [-0.39, 0.29) is 5.91 Å². The minimum absolute atomic E-state index is 0.291. The van der Waals surface area contributed by atoms with E-state index in [1.807, 2.05) is 59.3 Å². The Morgan fingerprint density at radius 2 is 1.86 bits per heavy atom. The average molecular weight is 300 g/mol. The van der Waals surface area contributed by atoms with Crippen molar-refractivity contribution in [1.29, 1.82) is 0 Å². The molecule has 1 heterocycles. The van der Waals surface area contributed by atoms with Crippen molar-refractivity contribution in [2.75, 3.05) is 0 Å². The van der Waals surface area contributed by atoms with Crippen LogP contribution in [0.5, 0.6) is 0 Å². The first-order valence-electron chi connectivity index (χ1n) is 6.52. The normalized spacial score (nSPS) is 10.8. The Hall–Kier alpha value is -2.30. The van der Waals surface area contributed by atoms with E-state index in [1.165, 1.54) is 0 Å². The van der Waals surface area contributed by atoms with E-state index in [4.69, 9.17) is 17.4 Å². The predicted molar refractivity (Wildman–Crippen MR) is 84.1 cm³/mol. The second-order valence-corrected chi connectivity index (χ2v) is 5.22. The third-order valence-electron chi connectivity index (χ3n) is 3.43. The van der Waals surface area contributed by atoms with E-state index < -0.39 is 0 Å². The van der Waals surface area contributed by atoms with Crippen LogP contribution in [-0.2, 0) is 6.54 Å². The first-order chi connectivity index (χ1) is 10.2. The van der Waals surface area contributed by atoms with Gasteiger partial charge in [-0.05, 0) is 23.8 Å². The van der Waals surface area contributed by atoms with Gasteiger partial charge in [-0.2, -0.15) is 0 Å². The first-order valence-corrected chi connectivity index (χ1v) is 6.90. The van der Waals surface area contributed by atoms with E-state index in [0.717, 1.165) is 16.5 Å². The van der Waals surface area contributed by atoms with Crippen molar-refractivity contribution in [3.63, 3.8) is 0 Å². The number of carbonyl (C=O) groups is 1. The zero-order valence-corrected chi connectivity index (χ0v) is 12.0. The van der Waals surface area contributed by atoms with Crippen LogP contribution in [0.3, 0.4) is 0 Å². The maximum absolute atomic E-state index is 11.9. The van der Waals surface area contributed by atoms with Gasteiger partial charge in [-0.3, -0.25) is 10.2 Å². The van der Waals surface area contributed by atoms with Gasteiger partial charge in [0.05, 0.1) is 5.56 Å². The lowest BCUT2D eigenvalue weighted by Crippen LogP contribution is -2.29. The molecule has 0 aliphatic carbocycles. The lowest BCUT2D eigenvalue weighted by atomic mass is 10.2. The number of hydrazine groups is 1. The standard InChI is InChI=1S/C16H14ClN3O/c17-12-7-5-11(6-8-12)9-20-10-14(16(21)19-18)13-3-1-2-4-15(13)20/h1-8,10H,9,18H2,(H,19,21). The number of nitrogen functional groups attached to an aromatic ring is 1. The number of hydrogen-bond acceptors (Lipinski definition) is 2. The molecule has 21 heavy (non-hydrogen) atoms. The number of para-hydroxylation sites is 1. The van der Waals surface area contributed by atoms with E-state index in [2.05, 4.69) is 5.43 Å². The number of nitrogens with zero attached hydrogens (tertiary/aromatic N) is 1. The highest BCUT2D eigenvalue weighted by Gasteiger charge is 2.13. The molecule has 3 N–H and O–H groups in total. The van der Waals surface area contributed by atoms with Gasteiger partial charge < -0.3 is 4.57 Å². The Labute approximate surface area is 127 Å². The molecule has 1 amide bonds. The minimum Gasteiger partial charge on any atom is -0.342 e. The van der Waals surface area contributed by atoms with Crippen LogP contribution in [0.4, 0.5) is 0 Å². The van der Waals surface area contributed by atoms with Gasteiger partial charge in [0.25, 0.3) is 5.91 Å². The molecule has 0 aliphatic rings. The van der Waals surface area contributed by atoms with E-state index in [9.17, 15) is 4.79 Å². The van der Waals surface area contributed by atoms with Crippen LogP contribution in [0.1, 0.15) is 15.9 Å².